The van der Waals surface area contributed by atoms with Crippen LogP contribution in [0, 0.1) is 5.41 Å². The molecule has 2 aliphatic heterocycles. The van der Waals surface area contributed by atoms with E-state index < -0.39 is 0 Å². The van der Waals surface area contributed by atoms with Crippen LogP contribution in [-0.4, -0.2) is 30.8 Å². The van der Waals surface area contributed by atoms with Crippen LogP contribution in [0.3, 0.4) is 0 Å². The van der Waals surface area contributed by atoms with Gasteiger partial charge in [0.05, 0.1) is 6.61 Å². The highest BCUT2D eigenvalue weighted by molar-refractivity contribution is 4.88. The normalized spacial score (nSPS) is 36.0. The van der Waals surface area contributed by atoms with E-state index >= 15 is 0 Å². The zero-order valence-electron chi connectivity index (χ0n) is 8.18. The minimum absolute atomic E-state index is 0.400. The van der Waals surface area contributed by atoms with E-state index in [4.69, 9.17) is 4.74 Å². The minimum Gasteiger partial charge on any atom is -0.362 e. The highest BCUT2D eigenvalue weighted by Crippen LogP contribution is 2.36. The molecule has 1 atom stereocenters. The van der Waals surface area contributed by atoms with Crippen molar-refractivity contribution in [1.82, 2.24) is 4.90 Å². The van der Waals surface area contributed by atoms with Gasteiger partial charge in [-0.05, 0) is 12.8 Å². The van der Waals surface area contributed by atoms with Crippen molar-refractivity contribution in [2.45, 2.75) is 39.3 Å². The van der Waals surface area contributed by atoms with Gasteiger partial charge in [-0.15, -0.1) is 0 Å². The maximum atomic E-state index is 5.61. The van der Waals surface area contributed by atoms with E-state index in [0.29, 0.717) is 11.6 Å². The third kappa shape index (κ3) is 1.38. The Hall–Kier alpha value is -0.0800. The molecular formula is C10H19NO. The highest BCUT2D eigenvalue weighted by atomic mass is 16.5. The topological polar surface area (TPSA) is 12.5 Å². The number of ether oxygens (including phenoxy) is 1. The van der Waals surface area contributed by atoms with Gasteiger partial charge in [0, 0.05) is 18.5 Å². The van der Waals surface area contributed by atoms with E-state index in [-0.39, 0.29) is 0 Å². The summed E-state index contributed by atoms with van der Waals surface area (Å²) < 4.78 is 5.61. The molecule has 0 saturated carbocycles. The number of rotatable bonds is 1. The van der Waals surface area contributed by atoms with Gasteiger partial charge < -0.3 is 4.74 Å². The summed E-state index contributed by atoms with van der Waals surface area (Å²) in [4.78, 5) is 2.51. The second kappa shape index (κ2) is 3.00. The largest absolute Gasteiger partial charge is 0.362 e. The first-order valence-corrected chi connectivity index (χ1v) is 5.06. The zero-order valence-corrected chi connectivity index (χ0v) is 8.18. The average Bonchev–Trinajstić information content (AvgIpc) is 2.05. The van der Waals surface area contributed by atoms with Gasteiger partial charge in [0.2, 0.25) is 0 Å². The quantitative estimate of drug-likeness (QED) is 0.594. The van der Waals surface area contributed by atoms with Gasteiger partial charge in [0.1, 0.15) is 6.23 Å². The predicted octanol–water partition coefficient (Wildman–Crippen LogP) is 1.85. The van der Waals surface area contributed by atoms with Crippen molar-refractivity contribution in [3.8, 4) is 0 Å². The Kier molecular flexibility index (Phi) is 2.13. The molecule has 0 aromatic rings. The number of hydrogen-bond acceptors (Lipinski definition) is 2. The first-order chi connectivity index (χ1) is 5.70. The van der Waals surface area contributed by atoms with Crippen LogP contribution in [-0.2, 0) is 4.74 Å². The lowest BCUT2D eigenvalue weighted by Crippen LogP contribution is -2.58. The number of piperidine rings is 1. The molecule has 0 aliphatic carbocycles. The van der Waals surface area contributed by atoms with E-state index in [1.54, 1.807) is 0 Å². The molecule has 1 unspecified atom stereocenters. The summed E-state index contributed by atoms with van der Waals surface area (Å²) in [5.74, 6) is 0. The Bertz CT molecular complexity index is 161. The Morgan fingerprint density at radius 1 is 1.17 bits per heavy atom. The van der Waals surface area contributed by atoms with Crippen LogP contribution in [0.5, 0.6) is 0 Å². The maximum Gasteiger partial charge on any atom is 0.117 e. The molecule has 2 heterocycles. The lowest BCUT2D eigenvalue weighted by Gasteiger charge is -2.50. The fraction of sp³-hybridized carbons (Fsp3) is 1.00. The highest BCUT2D eigenvalue weighted by Gasteiger charge is 2.43. The van der Waals surface area contributed by atoms with E-state index in [1.165, 1.54) is 32.4 Å². The molecule has 2 saturated heterocycles. The summed E-state index contributed by atoms with van der Waals surface area (Å²) in [6.45, 7) is 8.03. The Balaban J connectivity index is 1.91. The Labute approximate surface area is 74.9 Å². The molecule has 0 spiro atoms. The molecule has 12 heavy (non-hydrogen) atoms. The molecule has 0 bridgehead atoms. The minimum atomic E-state index is 0.400. The van der Waals surface area contributed by atoms with Crippen molar-refractivity contribution in [2.24, 2.45) is 5.41 Å². The lowest BCUT2D eigenvalue weighted by atomic mass is 9.86. The van der Waals surface area contributed by atoms with Crippen molar-refractivity contribution in [2.75, 3.05) is 19.7 Å². The van der Waals surface area contributed by atoms with E-state index in [2.05, 4.69) is 18.7 Å². The molecule has 70 valence electrons. The van der Waals surface area contributed by atoms with Crippen molar-refractivity contribution in [1.29, 1.82) is 0 Å². The smallest absolute Gasteiger partial charge is 0.117 e. The second-order valence-corrected chi connectivity index (χ2v) is 4.75. The standard InChI is InChI=1S/C10H19NO/c1-10(2)8-12-9(10)11-6-4-3-5-7-11/h9H,3-8H2,1-2H3. The predicted molar refractivity (Wildman–Crippen MR) is 48.9 cm³/mol. The molecule has 0 aromatic heterocycles. The molecule has 2 rings (SSSR count). The van der Waals surface area contributed by atoms with Crippen LogP contribution in [0.25, 0.3) is 0 Å². The van der Waals surface area contributed by atoms with Gasteiger partial charge in [0.15, 0.2) is 0 Å². The third-order valence-electron chi connectivity index (χ3n) is 3.00. The van der Waals surface area contributed by atoms with E-state index in [0.717, 1.165) is 6.61 Å². The number of hydrogen-bond donors (Lipinski definition) is 0. The summed E-state index contributed by atoms with van der Waals surface area (Å²) in [5.41, 5.74) is 0.400. The average molecular weight is 169 g/mol. The van der Waals surface area contributed by atoms with Gasteiger partial charge in [-0.25, -0.2) is 0 Å². The van der Waals surface area contributed by atoms with E-state index in [9.17, 15) is 0 Å². The number of likely N-dealkylation sites (tertiary alicyclic amines) is 1. The van der Waals surface area contributed by atoms with Crippen LogP contribution in [0.2, 0.25) is 0 Å². The van der Waals surface area contributed by atoms with Gasteiger partial charge in [-0.1, -0.05) is 20.3 Å². The lowest BCUT2D eigenvalue weighted by molar-refractivity contribution is -0.242. The zero-order chi connectivity index (χ0) is 8.60. The summed E-state index contributed by atoms with van der Waals surface area (Å²) in [7, 11) is 0. The molecule has 2 fully saturated rings. The van der Waals surface area contributed by atoms with Crippen LogP contribution in [0.15, 0.2) is 0 Å². The molecule has 2 aliphatic rings. The SMILES string of the molecule is CC1(C)COC1N1CCCCC1. The molecule has 0 amide bonds. The van der Waals surface area contributed by atoms with Crippen LogP contribution in [0.1, 0.15) is 33.1 Å². The van der Waals surface area contributed by atoms with Crippen LogP contribution in [0.4, 0.5) is 0 Å². The fourth-order valence-electron chi connectivity index (χ4n) is 2.24. The van der Waals surface area contributed by atoms with Crippen LogP contribution < -0.4 is 0 Å². The van der Waals surface area contributed by atoms with E-state index in [1.807, 2.05) is 0 Å². The van der Waals surface area contributed by atoms with Crippen molar-refractivity contribution in [3.63, 3.8) is 0 Å². The first kappa shape index (κ1) is 8.52. The van der Waals surface area contributed by atoms with Gasteiger partial charge in [0.25, 0.3) is 0 Å². The molecular weight excluding hydrogens is 150 g/mol. The summed E-state index contributed by atoms with van der Waals surface area (Å²) in [5, 5.41) is 0. The van der Waals surface area contributed by atoms with Crippen molar-refractivity contribution < 1.29 is 4.74 Å². The van der Waals surface area contributed by atoms with Crippen LogP contribution >= 0.6 is 0 Å². The molecule has 2 heteroatoms. The first-order valence-electron chi connectivity index (χ1n) is 5.06. The van der Waals surface area contributed by atoms with Gasteiger partial charge >= 0.3 is 0 Å². The summed E-state index contributed by atoms with van der Waals surface area (Å²) >= 11 is 0. The molecule has 0 aromatic carbocycles. The third-order valence-corrected chi connectivity index (χ3v) is 3.00. The second-order valence-electron chi connectivity index (χ2n) is 4.75. The molecule has 0 radical (unpaired) electrons. The van der Waals surface area contributed by atoms with Gasteiger partial charge in [-0.3, -0.25) is 4.90 Å². The Morgan fingerprint density at radius 2 is 1.83 bits per heavy atom. The van der Waals surface area contributed by atoms with Crippen molar-refractivity contribution in [3.05, 3.63) is 0 Å². The molecule has 0 N–H and O–H groups in total. The molecule has 2 nitrogen and oxygen atoms in total. The maximum absolute atomic E-state index is 5.61. The monoisotopic (exact) mass is 169 g/mol. The van der Waals surface area contributed by atoms with Gasteiger partial charge in [-0.2, -0.15) is 0 Å². The van der Waals surface area contributed by atoms with Crippen molar-refractivity contribution >= 4 is 0 Å². The summed E-state index contributed by atoms with van der Waals surface area (Å²) in [6.07, 6.45) is 4.54. The number of nitrogens with zero attached hydrogens (tertiary/aromatic N) is 1. The Morgan fingerprint density at radius 3 is 2.25 bits per heavy atom. The fourth-order valence-corrected chi connectivity index (χ4v) is 2.24. The summed E-state index contributed by atoms with van der Waals surface area (Å²) in [6, 6.07) is 0.